The summed E-state index contributed by atoms with van der Waals surface area (Å²) in [6.07, 6.45) is 1.88. The maximum Gasteiger partial charge on any atom is 0.317 e. The molecule has 21 heavy (non-hydrogen) atoms. The number of aliphatic carboxylic acids is 1. The van der Waals surface area contributed by atoms with E-state index >= 15 is 0 Å². The minimum atomic E-state index is -0.926. The number of carboxylic acid groups (broad SMARTS) is 1. The molecule has 0 bridgehead atoms. The Labute approximate surface area is 123 Å². The number of anilines is 1. The van der Waals surface area contributed by atoms with Crippen LogP contribution in [-0.4, -0.2) is 46.2 Å². The van der Waals surface area contributed by atoms with Crippen molar-refractivity contribution in [1.29, 1.82) is 0 Å². The second-order valence-electron chi connectivity index (χ2n) is 6.40. The van der Waals surface area contributed by atoms with Crippen molar-refractivity contribution in [2.24, 2.45) is 0 Å². The first kappa shape index (κ1) is 15.5. The number of rotatable bonds is 6. The molecular formula is C14H21N3O4. The Balaban J connectivity index is 1.91. The van der Waals surface area contributed by atoms with Crippen LogP contribution in [0.1, 0.15) is 39.3 Å². The first-order chi connectivity index (χ1) is 9.75. The highest BCUT2D eigenvalue weighted by molar-refractivity contribution is 5.91. The van der Waals surface area contributed by atoms with Gasteiger partial charge in [-0.3, -0.25) is 19.8 Å². The fourth-order valence-electron chi connectivity index (χ4n) is 1.98. The molecule has 0 saturated heterocycles. The lowest BCUT2D eigenvalue weighted by Crippen LogP contribution is -2.38. The van der Waals surface area contributed by atoms with E-state index in [4.69, 9.17) is 9.63 Å². The molecule has 1 fully saturated rings. The first-order valence-electron chi connectivity index (χ1n) is 6.98. The van der Waals surface area contributed by atoms with Gasteiger partial charge >= 0.3 is 5.97 Å². The second kappa shape index (κ2) is 5.85. The zero-order chi connectivity index (χ0) is 15.6. The molecule has 1 saturated carbocycles. The van der Waals surface area contributed by atoms with Crippen LogP contribution >= 0.6 is 0 Å². The van der Waals surface area contributed by atoms with Gasteiger partial charge in [0.05, 0.1) is 18.8 Å². The minimum Gasteiger partial charge on any atom is -0.480 e. The van der Waals surface area contributed by atoms with Crippen molar-refractivity contribution in [2.45, 2.75) is 45.1 Å². The molecule has 1 amide bonds. The summed E-state index contributed by atoms with van der Waals surface area (Å²) < 4.78 is 5.08. The van der Waals surface area contributed by atoms with Gasteiger partial charge in [-0.05, 0) is 12.8 Å². The molecule has 2 N–H and O–H groups in total. The molecule has 1 aromatic heterocycles. The highest BCUT2D eigenvalue weighted by Crippen LogP contribution is 2.27. The monoisotopic (exact) mass is 295 g/mol. The van der Waals surface area contributed by atoms with Gasteiger partial charge in [0.15, 0.2) is 0 Å². The lowest BCUT2D eigenvalue weighted by molar-refractivity contribution is -0.138. The number of carboxylic acids is 1. The Bertz CT molecular complexity index is 529. The molecule has 7 nitrogen and oxygen atoms in total. The van der Waals surface area contributed by atoms with Gasteiger partial charge in [-0.25, -0.2) is 0 Å². The van der Waals surface area contributed by atoms with Gasteiger partial charge in [-0.2, -0.15) is 0 Å². The van der Waals surface area contributed by atoms with Crippen LogP contribution in [-0.2, 0) is 15.0 Å². The van der Waals surface area contributed by atoms with Crippen molar-refractivity contribution < 1.29 is 19.2 Å². The van der Waals surface area contributed by atoms with E-state index in [1.54, 1.807) is 11.0 Å². The molecule has 0 aliphatic heterocycles. The van der Waals surface area contributed by atoms with E-state index in [0.717, 1.165) is 18.5 Å². The number of amides is 1. The number of nitrogens with one attached hydrogen (secondary N) is 1. The zero-order valence-electron chi connectivity index (χ0n) is 12.5. The summed E-state index contributed by atoms with van der Waals surface area (Å²) >= 11 is 0. The predicted molar refractivity (Wildman–Crippen MR) is 76.1 cm³/mol. The van der Waals surface area contributed by atoms with E-state index in [-0.39, 0.29) is 36.3 Å². The Morgan fingerprint density at radius 3 is 2.57 bits per heavy atom. The van der Waals surface area contributed by atoms with Crippen LogP contribution in [0.25, 0.3) is 0 Å². The molecule has 1 aromatic rings. The standard InChI is InChI=1S/C14H21N3O4/c1-14(2,3)10-6-12(21-16-10)15-11(18)7-17(8-13(19)20)9-4-5-9/h6,9H,4-5,7-8H2,1-3H3,(H,15,18)(H,19,20). The Hall–Kier alpha value is -1.89. The van der Waals surface area contributed by atoms with Crippen LogP contribution < -0.4 is 5.32 Å². The van der Waals surface area contributed by atoms with Crippen LogP contribution in [0.2, 0.25) is 0 Å². The van der Waals surface area contributed by atoms with Crippen molar-refractivity contribution in [1.82, 2.24) is 10.1 Å². The number of carbonyl (C=O) groups excluding carboxylic acids is 1. The SMILES string of the molecule is CC(C)(C)c1cc(NC(=O)CN(CC(=O)O)C2CC2)on1. The maximum atomic E-state index is 12.0. The molecule has 7 heteroatoms. The summed E-state index contributed by atoms with van der Waals surface area (Å²) in [5.74, 6) is -0.930. The van der Waals surface area contributed by atoms with Gasteiger partial charge in [-0.1, -0.05) is 25.9 Å². The molecule has 1 aliphatic rings. The van der Waals surface area contributed by atoms with E-state index in [0.29, 0.717) is 0 Å². The van der Waals surface area contributed by atoms with Crippen molar-refractivity contribution >= 4 is 17.8 Å². The summed E-state index contributed by atoms with van der Waals surface area (Å²) in [6.45, 7) is 5.92. The summed E-state index contributed by atoms with van der Waals surface area (Å²) in [7, 11) is 0. The average Bonchev–Trinajstić information content (AvgIpc) is 3.07. The topological polar surface area (TPSA) is 95.7 Å². The molecule has 0 spiro atoms. The summed E-state index contributed by atoms with van der Waals surface area (Å²) in [5, 5.41) is 15.4. The van der Waals surface area contributed by atoms with Crippen LogP contribution in [0.4, 0.5) is 5.88 Å². The van der Waals surface area contributed by atoms with Crippen molar-refractivity contribution in [3.63, 3.8) is 0 Å². The Morgan fingerprint density at radius 2 is 2.10 bits per heavy atom. The van der Waals surface area contributed by atoms with Crippen LogP contribution in [0.5, 0.6) is 0 Å². The maximum absolute atomic E-state index is 12.0. The molecular weight excluding hydrogens is 274 g/mol. The second-order valence-corrected chi connectivity index (χ2v) is 6.40. The highest BCUT2D eigenvalue weighted by Gasteiger charge is 2.31. The number of nitrogens with zero attached hydrogens (tertiary/aromatic N) is 2. The van der Waals surface area contributed by atoms with E-state index in [9.17, 15) is 9.59 Å². The van der Waals surface area contributed by atoms with E-state index in [1.807, 2.05) is 20.8 Å². The zero-order valence-corrected chi connectivity index (χ0v) is 12.5. The number of carbonyl (C=O) groups is 2. The third-order valence-corrected chi connectivity index (χ3v) is 3.29. The molecule has 0 unspecified atom stereocenters. The Morgan fingerprint density at radius 1 is 1.43 bits per heavy atom. The lowest BCUT2D eigenvalue weighted by Gasteiger charge is -2.18. The third kappa shape index (κ3) is 4.56. The lowest BCUT2D eigenvalue weighted by atomic mass is 9.92. The van der Waals surface area contributed by atoms with E-state index < -0.39 is 5.97 Å². The van der Waals surface area contributed by atoms with Gasteiger partial charge in [0, 0.05) is 17.5 Å². The summed E-state index contributed by atoms with van der Waals surface area (Å²) in [5.41, 5.74) is 0.595. The molecule has 0 aromatic carbocycles. The van der Waals surface area contributed by atoms with Crippen LogP contribution in [0, 0.1) is 0 Å². The number of aromatic nitrogens is 1. The average molecular weight is 295 g/mol. The van der Waals surface area contributed by atoms with Crippen LogP contribution in [0.3, 0.4) is 0 Å². The fraction of sp³-hybridized carbons (Fsp3) is 0.643. The van der Waals surface area contributed by atoms with E-state index in [2.05, 4.69) is 10.5 Å². The minimum absolute atomic E-state index is 0.0442. The van der Waals surface area contributed by atoms with Gasteiger partial charge in [0.2, 0.25) is 11.8 Å². The normalized spacial score (nSPS) is 15.2. The van der Waals surface area contributed by atoms with Gasteiger partial charge in [-0.15, -0.1) is 0 Å². The molecule has 0 atom stereocenters. The van der Waals surface area contributed by atoms with Crippen molar-refractivity contribution in [2.75, 3.05) is 18.4 Å². The molecule has 2 rings (SSSR count). The summed E-state index contributed by atoms with van der Waals surface area (Å²) in [4.78, 5) is 24.4. The molecule has 1 heterocycles. The van der Waals surface area contributed by atoms with E-state index in [1.165, 1.54) is 0 Å². The first-order valence-corrected chi connectivity index (χ1v) is 6.98. The molecule has 1 aliphatic carbocycles. The van der Waals surface area contributed by atoms with Gasteiger partial charge < -0.3 is 9.63 Å². The number of hydrogen-bond acceptors (Lipinski definition) is 5. The number of hydrogen-bond donors (Lipinski definition) is 2. The molecule has 0 radical (unpaired) electrons. The van der Waals surface area contributed by atoms with Crippen molar-refractivity contribution in [3.05, 3.63) is 11.8 Å². The summed E-state index contributed by atoms with van der Waals surface area (Å²) in [6, 6.07) is 1.89. The van der Waals surface area contributed by atoms with Gasteiger partial charge in [0.1, 0.15) is 0 Å². The highest BCUT2D eigenvalue weighted by atomic mass is 16.5. The van der Waals surface area contributed by atoms with Gasteiger partial charge in [0.25, 0.3) is 0 Å². The fourth-order valence-corrected chi connectivity index (χ4v) is 1.98. The predicted octanol–water partition coefficient (Wildman–Crippen LogP) is 1.46. The smallest absolute Gasteiger partial charge is 0.317 e. The third-order valence-electron chi connectivity index (χ3n) is 3.29. The Kier molecular flexibility index (Phi) is 4.32. The quantitative estimate of drug-likeness (QED) is 0.825. The van der Waals surface area contributed by atoms with Crippen molar-refractivity contribution in [3.8, 4) is 0 Å². The van der Waals surface area contributed by atoms with Crippen LogP contribution in [0.15, 0.2) is 10.6 Å². The largest absolute Gasteiger partial charge is 0.480 e. The molecule has 116 valence electrons.